The fourth-order valence-electron chi connectivity index (χ4n) is 3.47. The van der Waals surface area contributed by atoms with Gasteiger partial charge in [0.1, 0.15) is 5.52 Å². The highest BCUT2D eigenvalue weighted by Gasteiger charge is 2.29. The monoisotopic (exact) mass is 459 g/mol. The number of para-hydroxylation sites is 2. The number of hydrogen-bond donors (Lipinski definition) is 1. The Morgan fingerprint density at radius 3 is 2.84 bits per heavy atom. The Bertz CT molecular complexity index is 1270. The zero-order chi connectivity index (χ0) is 22.2. The van der Waals surface area contributed by atoms with Crippen LogP contribution in [0.25, 0.3) is 11.1 Å². The number of oxazole rings is 1. The average Bonchev–Trinajstić information content (AvgIpc) is 3.10. The van der Waals surface area contributed by atoms with Crippen molar-refractivity contribution in [2.45, 2.75) is 36.4 Å². The van der Waals surface area contributed by atoms with Crippen LogP contribution < -0.4 is 10.2 Å². The van der Waals surface area contributed by atoms with Gasteiger partial charge in [-0.25, -0.2) is 13.4 Å². The molecule has 0 radical (unpaired) electrons. The van der Waals surface area contributed by atoms with Crippen LogP contribution in [-0.2, 0) is 19.4 Å². The number of fused-ring (bicyclic) bond motifs is 2. The van der Waals surface area contributed by atoms with Gasteiger partial charge in [0.15, 0.2) is 15.4 Å². The number of thioether (sulfide) groups is 1. The highest BCUT2D eigenvalue weighted by Crippen LogP contribution is 2.33. The van der Waals surface area contributed by atoms with Crippen molar-refractivity contribution in [3.63, 3.8) is 0 Å². The first-order chi connectivity index (χ1) is 14.8. The Labute approximate surface area is 183 Å². The van der Waals surface area contributed by atoms with Gasteiger partial charge >= 0.3 is 0 Å². The lowest BCUT2D eigenvalue weighted by atomic mass is 10.2. The molecule has 2 aromatic carbocycles. The van der Waals surface area contributed by atoms with Crippen LogP contribution in [0.5, 0.6) is 0 Å². The van der Waals surface area contributed by atoms with Gasteiger partial charge < -0.3 is 14.6 Å². The van der Waals surface area contributed by atoms with Crippen molar-refractivity contribution in [3.8, 4) is 0 Å². The van der Waals surface area contributed by atoms with E-state index in [0.29, 0.717) is 22.5 Å². The topological polar surface area (TPSA) is 110 Å². The molecular weight excluding hydrogens is 438 g/mol. The molecule has 1 aliphatic heterocycles. The lowest BCUT2D eigenvalue weighted by molar-refractivity contribution is -0.117. The molecule has 2 amide bonds. The van der Waals surface area contributed by atoms with E-state index in [2.05, 4.69) is 10.3 Å². The molecule has 8 nitrogen and oxygen atoms in total. The largest absolute Gasteiger partial charge is 0.431 e. The smallest absolute Gasteiger partial charge is 0.257 e. The molecule has 2 heterocycles. The lowest BCUT2D eigenvalue weighted by Crippen LogP contribution is -2.40. The predicted octanol–water partition coefficient (Wildman–Crippen LogP) is 3.48. The Kier molecular flexibility index (Phi) is 5.76. The summed E-state index contributed by atoms with van der Waals surface area (Å²) in [7, 11) is -3.35. The zero-order valence-corrected chi connectivity index (χ0v) is 18.6. The van der Waals surface area contributed by atoms with Gasteiger partial charge in [0.2, 0.25) is 11.8 Å². The minimum atomic E-state index is -3.35. The maximum Gasteiger partial charge on any atom is 0.257 e. The molecule has 4 rings (SSSR count). The standard InChI is InChI=1S/C21H21N3O5S2/c1-3-31(27,28)14-8-9-18-16(11-14)23-21(29-18)30-12-20(26)24-13(2)10-19(25)22-15-6-4-5-7-17(15)24/h4-9,11,13H,3,10,12H2,1-2H3,(H,22,25)/t13-/m1/s1. The number of anilines is 2. The highest BCUT2D eigenvalue weighted by molar-refractivity contribution is 7.99. The molecule has 0 spiro atoms. The Morgan fingerprint density at radius 2 is 2.06 bits per heavy atom. The third-order valence-corrected chi connectivity index (χ3v) is 7.57. The van der Waals surface area contributed by atoms with Crippen molar-refractivity contribution >= 4 is 55.9 Å². The highest BCUT2D eigenvalue weighted by atomic mass is 32.2. The molecule has 3 aromatic rings. The summed E-state index contributed by atoms with van der Waals surface area (Å²) in [4.78, 5) is 31.3. The molecule has 10 heteroatoms. The van der Waals surface area contributed by atoms with Gasteiger partial charge in [0.25, 0.3) is 5.22 Å². The minimum Gasteiger partial charge on any atom is -0.431 e. The van der Waals surface area contributed by atoms with Crippen molar-refractivity contribution in [1.82, 2.24) is 4.98 Å². The van der Waals surface area contributed by atoms with Gasteiger partial charge in [-0.3, -0.25) is 9.59 Å². The van der Waals surface area contributed by atoms with Crippen LogP contribution in [0.15, 0.2) is 57.0 Å². The van der Waals surface area contributed by atoms with E-state index in [1.807, 2.05) is 13.0 Å². The molecule has 1 aliphatic rings. The summed E-state index contributed by atoms with van der Waals surface area (Å²) in [5, 5.41) is 3.11. The second-order valence-electron chi connectivity index (χ2n) is 7.18. The summed E-state index contributed by atoms with van der Waals surface area (Å²) in [5.74, 6) is -0.267. The van der Waals surface area contributed by atoms with Crippen molar-refractivity contribution in [1.29, 1.82) is 0 Å². The SMILES string of the molecule is CCS(=O)(=O)c1ccc2oc(SCC(=O)N3c4ccccc4NC(=O)C[C@H]3C)nc2c1. The molecule has 31 heavy (non-hydrogen) atoms. The number of carbonyl (C=O) groups is 2. The number of sulfone groups is 1. The molecule has 0 bridgehead atoms. The number of nitrogens with zero attached hydrogens (tertiary/aromatic N) is 2. The first kappa shape index (κ1) is 21.4. The van der Waals surface area contributed by atoms with Crippen molar-refractivity contribution in [3.05, 3.63) is 42.5 Å². The van der Waals surface area contributed by atoms with E-state index < -0.39 is 9.84 Å². The van der Waals surface area contributed by atoms with Crippen LogP contribution in [0.2, 0.25) is 0 Å². The van der Waals surface area contributed by atoms with Gasteiger partial charge in [0, 0.05) is 12.5 Å². The Hall–Kier alpha value is -2.85. The second-order valence-corrected chi connectivity index (χ2v) is 10.4. The van der Waals surface area contributed by atoms with Crippen LogP contribution in [0.1, 0.15) is 20.3 Å². The van der Waals surface area contributed by atoms with Gasteiger partial charge in [-0.2, -0.15) is 0 Å². The lowest BCUT2D eigenvalue weighted by Gasteiger charge is -2.27. The maximum atomic E-state index is 13.1. The quantitative estimate of drug-likeness (QED) is 0.582. The van der Waals surface area contributed by atoms with Crippen LogP contribution >= 0.6 is 11.8 Å². The Morgan fingerprint density at radius 1 is 1.29 bits per heavy atom. The number of nitrogens with one attached hydrogen (secondary N) is 1. The fourth-order valence-corrected chi connectivity index (χ4v) is 5.07. The number of amides is 2. The molecule has 0 saturated carbocycles. The summed E-state index contributed by atoms with van der Waals surface area (Å²) in [5.41, 5.74) is 2.13. The molecule has 1 N–H and O–H groups in total. The fraction of sp³-hybridized carbons (Fsp3) is 0.286. The van der Waals surface area contributed by atoms with E-state index in [9.17, 15) is 18.0 Å². The molecule has 0 aliphatic carbocycles. The van der Waals surface area contributed by atoms with E-state index in [1.165, 1.54) is 12.1 Å². The predicted molar refractivity (Wildman–Crippen MR) is 119 cm³/mol. The van der Waals surface area contributed by atoms with E-state index in [1.54, 1.807) is 36.1 Å². The molecule has 0 unspecified atom stereocenters. The van der Waals surface area contributed by atoms with E-state index in [4.69, 9.17) is 4.42 Å². The van der Waals surface area contributed by atoms with E-state index >= 15 is 0 Å². The summed E-state index contributed by atoms with van der Waals surface area (Å²) in [6.07, 6.45) is 0.197. The van der Waals surface area contributed by atoms with Crippen LogP contribution in [0.3, 0.4) is 0 Å². The minimum absolute atomic E-state index is 0.000674. The molecule has 162 valence electrons. The van der Waals surface area contributed by atoms with Crippen LogP contribution in [0.4, 0.5) is 11.4 Å². The molecular formula is C21H21N3O5S2. The summed E-state index contributed by atoms with van der Waals surface area (Å²) < 4.78 is 29.8. The first-order valence-electron chi connectivity index (χ1n) is 9.75. The number of rotatable bonds is 5. The van der Waals surface area contributed by atoms with E-state index in [0.717, 1.165) is 11.8 Å². The summed E-state index contributed by atoms with van der Waals surface area (Å²) in [6, 6.07) is 11.4. The van der Waals surface area contributed by atoms with Crippen LogP contribution in [0, 0.1) is 0 Å². The summed E-state index contributed by atoms with van der Waals surface area (Å²) >= 11 is 1.13. The number of hydrogen-bond acceptors (Lipinski definition) is 7. The third kappa shape index (κ3) is 4.31. The zero-order valence-electron chi connectivity index (χ0n) is 17.0. The van der Waals surface area contributed by atoms with Crippen LogP contribution in [-0.4, -0.2) is 42.8 Å². The number of aromatic nitrogens is 1. The number of carbonyl (C=O) groups excluding carboxylic acids is 2. The number of benzene rings is 2. The van der Waals surface area contributed by atoms with Gasteiger partial charge in [-0.15, -0.1) is 0 Å². The van der Waals surface area contributed by atoms with Crippen molar-refractivity contribution in [2.24, 2.45) is 0 Å². The average molecular weight is 460 g/mol. The maximum absolute atomic E-state index is 13.1. The van der Waals surface area contributed by atoms with Gasteiger partial charge in [-0.05, 0) is 37.3 Å². The van der Waals surface area contributed by atoms with E-state index in [-0.39, 0.29) is 45.9 Å². The normalized spacial score (nSPS) is 16.6. The molecule has 0 fully saturated rings. The van der Waals surface area contributed by atoms with Crippen molar-refractivity contribution < 1.29 is 22.4 Å². The molecule has 1 aromatic heterocycles. The second kappa shape index (κ2) is 8.35. The third-order valence-electron chi connectivity index (χ3n) is 5.03. The molecule has 0 saturated heterocycles. The first-order valence-corrected chi connectivity index (χ1v) is 12.4. The summed E-state index contributed by atoms with van der Waals surface area (Å²) in [6.45, 7) is 3.42. The van der Waals surface area contributed by atoms with Gasteiger partial charge in [-0.1, -0.05) is 30.8 Å². The van der Waals surface area contributed by atoms with Gasteiger partial charge in [0.05, 0.1) is 27.8 Å². The molecule has 1 atom stereocenters. The van der Waals surface area contributed by atoms with Crippen molar-refractivity contribution in [2.75, 3.05) is 21.7 Å². The Balaban J connectivity index is 1.54.